The van der Waals surface area contributed by atoms with Crippen LogP contribution in [0.4, 0.5) is 20.6 Å². The number of rotatable bonds is 7. The Balaban J connectivity index is 1.25. The number of anilines is 2. The number of ether oxygens (including phenoxy) is 1. The van der Waals surface area contributed by atoms with Gasteiger partial charge in [0.2, 0.25) is 0 Å². The van der Waals surface area contributed by atoms with E-state index in [4.69, 9.17) is 4.74 Å². The van der Waals surface area contributed by atoms with Gasteiger partial charge in [0.1, 0.15) is 5.82 Å². The van der Waals surface area contributed by atoms with Crippen LogP contribution in [0.5, 0.6) is 0 Å². The van der Waals surface area contributed by atoms with Gasteiger partial charge in [-0.3, -0.25) is 9.69 Å². The molecule has 3 aromatic carbocycles. The fourth-order valence-corrected chi connectivity index (χ4v) is 3.78. The van der Waals surface area contributed by atoms with Crippen molar-refractivity contribution in [1.29, 1.82) is 0 Å². The van der Waals surface area contributed by atoms with E-state index in [2.05, 4.69) is 33.0 Å². The Morgan fingerprint density at radius 3 is 2.50 bits per heavy atom. The van der Waals surface area contributed by atoms with Gasteiger partial charge in [-0.05, 0) is 42.0 Å². The fraction of sp³-hybridized carbons (Fsp3) is 0.231. The molecule has 3 amide bonds. The number of halogens is 1. The summed E-state index contributed by atoms with van der Waals surface area (Å²) in [5, 5.41) is 8.22. The van der Waals surface area contributed by atoms with E-state index in [1.165, 1.54) is 23.8 Å². The van der Waals surface area contributed by atoms with Crippen molar-refractivity contribution in [3.63, 3.8) is 0 Å². The lowest BCUT2D eigenvalue weighted by Gasteiger charge is -2.33. The third kappa shape index (κ3) is 6.87. The monoisotopic (exact) mass is 462 g/mol. The highest BCUT2D eigenvalue weighted by atomic mass is 19.1. The Bertz CT molecular complexity index is 1130. The van der Waals surface area contributed by atoms with Gasteiger partial charge >= 0.3 is 6.03 Å². The summed E-state index contributed by atoms with van der Waals surface area (Å²) in [4.78, 5) is 27.2. The molecule has 1 fully saturated rings. The maximum atomic E-state index is 13.3. The number of nitrogens with one attached hydrogen (secondary N) is 3. The number of amides is 3. The first-order valence-corrected chi connectivity index (χ1v) is 11.1. The number of carbonyl (C=O) groups excluding carboxylic acids is 2. The van der Waals surface area contributed by atoms with Crippen LogP contribution in [0.15, 0.2) is 78.9 Å². The molecule has 8 heteroatoms. The molecule has 3 N–H and O–H groups in total. The first-order valence-electron chi connectivity index (χ1n) is 11.1. The molecular formula is C26H27FN4O3. The van der Waals surface area contributed by atoms with Crippen molar-refractivity contribution >= 4 is 23.3 Å². The van der Waals surface area contributed by atoms with Gasteiger partial charge in [0, 0.05) is 43.1 Å². The number of hydrogen-bond donors (Lipinski definition) is 3. The van der Waals surface area contributed by atoms with E-state index < -0.39 is 11.7 Å². The molecule has 1 aliphatic rings. The van der Waals surface area contributed by atoms with Gasteiger partial charge in [0.05, 0.1) is 12.7 Å². The number of morpholine rings is 1. The molecule has 176 valence electrons. The molecular weight excluding hydrogens is 435 g/mol. The van der Waals surface area contributed by atoms with E-state index in [1.807, 2.05) is 18.2 Å². The van der Waals surface area contributed by atoms with E-state index in [1.54, 1.807) is 30.3 Å². The Hall–Kier alpha value is -3.75. The first kappa shape index (κ1) is 23.4. The van der Waals surface area contributed by atoms with Crippen molar-refractivity contribution in [3.8, 4) is 0 Å². The number of hydrogen-bond acceptors (Lipinski definition) is 4. The molecule has 0 spiro atoms. The Labute approximate surface area is 197 Å². The molecule has 0 aliphatic carbocycles. The summed E-state index contributed by atoms with van der Waals surface area (Å²) in [6.45, 7) is 3.41. The van der Waals surface area contributed by atoms with Crippen LogP contribution >= 0.6 is 0 Å². The summed E-state index contributed by atoms with van der Waals surface area (Å²) in [5.41, 5.74) is 2.42. The predicted molar refractivity (Wildman–Crippen MR) is 129 cm³/mol. The minimum Gasteiger partial charge on any atom is -0.374 e. The minimum absolute atomic E-state index is 0.105. The molecule has 1 atom stereocenters. The molecule has 0 saturated carbocycles. The molecule has 1 heterocycles. The second-order valence-corrected chi connectivity index (χ2v) is 8.09. The Morgan fingerprint density at radius 2 is 1.71 bits per heavy atom. The van der Waals surface area contributed by atoms with Crippen LogP contribution in [0.25, 0.3) is 0 Å². The zero-order valence-corrected chi connectivity index (χ0v) is 18.7. The lowest BCUT2D eigenvalue weighted by Crippen LogP contribution is -2.47. The summed E-state index contributed by atoms with van der Waals surface area (Å²) in [6, 6.07) is 22.1. The maximum Gasteiger partial charge on any atom is 0.319 e. The molecule has 3 aromatic rings. The Kier molecular flexibility index (Phi) is 7.85. The zero-order valence-electron chi connectivity index (χ0n) is 18.7. The fourth-order valence-electron chi connectivity index (χ4n) is 3.78. The van der Waals surface area contributed by atoms with Crippen molar-refractivity contribution in [2.75, 3.05) is 36.9 Å². The molecule has 4 rings (SSSR count). The highest BCUT2D eigenvalue weighted by molar-refractivity contribution is 6.05. The standard InChI is InChI=1S/C26H27FN4O3/c27-21-9-5-11-23(15-21)29-25(32)20-8-4-10-22(14-20)30-26(33)28-16-24-18-31(12-13-34-24)17-19-6-2-1-3-7-19/h1-11,14-15,24H,12-13,16-18H2,(H,29,32)(H2,28,30,33). The molecule has 7 nitrogen and oxygen atoms in total. The predicted octanol–water partition coefficient (Wildman–Crippen LogP) is 4.10. The quantitative estimate of drug-likeness (QED) is 0.494. The maximum absolute atomic E-state index is 13.3. The van der Waals surface area contributed by atoms with Crippen molar-refractivity contribution in [2.24, 2.45) is 0 Å². The molecule has 1 unspecified atom stereocenters. The summed E-state index contributed by atoms with van der Waals surface area (Å²) in [7, 11) is 0. The van der Waals surface area contributed by atoms with Crippen LogP contribution in [0.1, 0.15) is 15.9 Å². The first-order chi connectivity index (χ1) is 16.5. The molecule has 0 radical (unpaired) electrons. The van der Waals surface area contributed by atoms with Gasteiger partial charge in [-0.1, -0.05) is 42.5 Å². The number of urea groups is 1. The topological polar surface area (TPSA) is 82.7 Å². The van der Waals surface area contributed by atoms with Crippen LogP contribution < -0.4 is 16.0 Å². The van der Waals surface area contributed by atoms with E-state index >= 15 is 0 Å². The lowest BCUT2D eigenvalue weighted by molar-refractivity contribution is -0.0285. The van der Waals surface area contributed by atoms with Gasteiger partial charge in [-0.2, -0.15) is 0 Å². The van der Waals surface area contributed by atoms with Crippen LogP contribution in [-0.4, -0.2) is 49.2 Å². The van der Waals surface area contributed by atoms with Crippen molar-refractivity contribution in [1.82, 2.24) is 10.2 Å². The number of carbonyl (C=O) groups is 2. The largest absolute Gasteiger partial charge is 0.374 e. The average Bonchev–Trinajstić information content (AvgIpc) is 2.84. The van der Waals surface area contributed by atoms with E-state index in [0.29, 0.717) is 30.1 Å². The van der Waals surface area contributed by atoms with Crippen LogP contribution in [0, 0.1) is 5.82 Å². The third-order valence-electron chi connectivity index (χ3n) is 5.43. The average molecular weight is 463 g/mol. The van der Waals surface area contributed by atoms with E-state index in [-0.39, 0.29) is 12.1 Å². The van der Waals surface area contributed by atoms with Gasteiger partial charge in [0.25, 0.3) is 5.91 Å². The minimum atomic E-state index is -0.435. The van der Waals surface area contributed by atoms with Crippen LogP contribution in [-0.2, 0) is 11.3 Å². The summed E-state index contributed by atoms with van der Waals surface area (Å²) in [6.07, 6.45) is -0.105. The summed E-state index contributed by atoms with van der Waals surface area (Å²) in [5.74, 6) is -0.834. The van der Waals surface area contributed by atoms with Gasteiger partial charge in [-0.25, -0.2) is 9.18 Å². The van der Waals surface area contributed by atoms with Crippen LogP contribution in [0.2, 0.25) is 0 Å². The molecule has 1 aliphatic heterocycles. The normalized spacial score (nSPS) is 16.0. The van der Waals surface area contributed by atoms with Crippen molar-refractivity contribution in [2.45, 2.75) is 12.6 Å². The summed E-state index contributed by atoms with van der Waals surface area (Å²) < 4.78 is 19.1. The second kappa shape index (κ2) is 11.4. The molecule has 0 bridgehead atoms. The molecule has 34 heavy (non-hydrogen) atoms. The molecule has 0 aromatic heterocycles. The zero-order chi connectivity index (χ0) is 23.8. The molecule has 1 saturated heterocycles. The van der Waals surface area contributed by atoms with Crippen LogP contribution in [0.3, 0.4) is 0 Å². The van der Waals surface area contributed by atoms with E-state index in [9.17, 15) is 14.0 Å². The highest BCUT2D eigenvalue weighted by Gasteiger charge is 2.21. The Morgan fingerprint density at radius 1 is 0.941 bits per heavy atom. The van der Waals surface area contributed by atoms with Crippen molar-refractivity contribution in [3.05, 3.63) is 95.8 Å². The number of nitrogens with zero attached hydrogens (tertiary/aromatic N) is 1. The highest BCUT2D eigenvalue weighted by Crippen LogP contribution is 2.15. The van der Waals surface area contributed by atoms with Crippen molar-refractivity contribution < 1.29 is 18.7 Å². The van der Waals surface area contributed by atoms with Gasteiger partial charge < -0.3 is 20.7 Å². The SMILES string of the molecule is O=C(NCC1CN(Cc2ccccc2)CCO1)Nc1cccc(C(=O)Nc2cccc(F)c2)c1. The lowest BCUT2D eigenvalue weighted by atomic mass is 10.2. The summed E-state index contributed by atoms with van der Waals surface area (Å²) >= 11 is 0. The second-order valence-electron chi connectivity index (χ2n) is 8.09. The smallest absolute Gasteiger partial charge is 0.319 e. The third-order valence-corrected chi connectivity index (χ3v) is 5.43. The number of benzene rings is 3. The van der Waals surface area contributed by atoms with Gasteiger partial charge in [-0.15, -0.1) is 0 Å². The van der Waals surface area contributed by atoms with Gasteiger partial charge in [0.15, 0.2) is 0 Å². The van der Waals surface area contributed by atoms with E-state index in [0.717, 1.165) is 19.6 Å².